The van der Waals surface area contributed by atoms with E-state index in [-0.39, 0.29) is 57.3 Å². The van der Waals surface area contributed by atoms with Crippen molar-refractivity contribution in [1.29, 1.82) is 0 Å². The fraction of sp³-hybridized carbons (Fsp3) is 0.596. The highest BCUT2D eigenvalue weighted by molar-refractivity contribution is 6.16. The van der Waals surface area contributed by atoms with E-state index in [1.165, 1.54) is 49.5 Å². The molecule has 0 spiro atoms. The van der Waals surface area contributed by atoms with Gasteiger partial charge in [-0.3, -0.25) is 0 Å². The number of fused-ring (bicyclic) bond motifs is 7. The van der Waals surface area contributed by atoms with Gasteiger partial charge in [0.05, 0.1) is 33.9 Å². The van der Waals surface area contributed by atoms with Gasteiger partial charge in [-0.1, -0.05) is 52.3 Å². The van der Waals surface area contributed by atoms with Crippen LogP contribution >= 0.6 is 0 Å². The van der Waals surface area contributed by atoms with Crippen LogP contribution < -0.4 is 0 Å². The minimum absolute atomic E-state index is 0.0254. The number of hydrogen-bond acceptors (Lipinski definition) is 10. The van der Waals surface area contributed by atoms with Crippen molar-refractivity contribution in [2.75, 3.05) is 0 Å². The molecule has 4 fully saturated rings. The first kappa shape index (κ1) is 39.7. The third-order valence-corrected chi connectivity index (χ3v) is 15.6. The van der Waals surface area contributed by atoms with Crippen LogP contribution in [0.3, 0.4) is 0 Å². The average Bonchev–Trinajstić information content (AvgIpc) is 3.76. The van der Waals surface area contributed by atoms with Gasteiger partial charge < -0.3 is 14.2 Å². The number of allylic oxidation sites excluding steroid dienone is 2. The molecule has 0 bridgehead atoms. The summed E-state index contributed by atoms with van der Waals surface area (Å²) in [6, 6.07) is 9.32. The number of benzene rings is 2. The van der Waals surface area contributed by atoms with Gasteiger partial charge in [0, 0.05) is 11.3 Å². The fourth-order valence-corrected chi connectivity index (χ4v) is 13.1. The SMILES string of the molecule is CC(C)=CCCC(C)C1CCC2C3CC(OOCc4ccc5c(c4)C(=O)OC5=O)C4C(C)(C)C(OC(=O)c5ccc6c(c5)C(=O)OC6=O)CCC4(C)C3CCC12C. The molecular weight excluding hydrogens is 725 g/mol. The van der Waals surface area contributed by atoms with Crippen molar-refractivity contribution < 1.29 is 48.0 Å². The maximum atomic E-state index is 13.8. The zero-order valence-corrected chi connectivity index (χ0v) is 34.3. The molecule has 2 aromatic carbocycles. The lowest BCUT2D eigenvalue weighted by atomic mass is 9.40. The lowest BCUT2D eigenvalue weighted by molar-refractivity contribution is -0.376. The van der Waals surface area contributed by atoms with Crippen LogP contribution in [-0.4, -0.2) is 42.1 Å². The van der Waals surface area contributed by atoms with Gasteiger partial charge in [-0.25, -0.2) is 33.7 Å². The molecule has 6 aliphatic rings. The molecule has 0 N–H and O–H groups in total. The molecule has 57 heavy (non-hydrogen) atoms. The summed E-state index contributed by atoms with van der Waals surface area (Å²) in [7, 11) is 0. The molecule has 4 aliphatic carbocycles. The second kappa shape index (κ2) is 14.6. The van der Waals surface area contributed by atoms with Crippen molar-refractivity contribution in [2.45, 2.75) is 125 Å². The standard InChI is InChI=1S/C47H56O10/c1-25(2)9-8-10-26(3)34-15-16-35-33-23-37(57-53-24-27-11-13-29-31(21-27)43(51)55-41(29)49)39-45(4,5)38(18-20-47(39,7)36(33)17-19-46(34,35)6)54-40(48)28-12-14-30-32(22-28)44(52)56-42(30)50/h9,11-14,21-22,26,33-39H,8,10,15-20,23-24H2,1-7H3. The van der Waals surface area contributed by atoms with Crippen LogP contribution in [0, 0.1) is 51.8 Å². The predicted octanol–water partition coefficient (Wildman–Crippen LogP) is 9.64. The van der Waals surface area contributed by atoms with Crippen molar-refractivity contribution in [3.8, 4) is 0 Å². The number of cyclic esters (lactones) is 4. The zero-order chi connectivity index (χ0) is 40.6. The Labute approximate surface area is 335 Å². The maximum Gasteiger partial charge on any atom is 0.346 e. The highest BCUT2D eigenvalue weighted by atomic mass is 17.2. The zero-order valence-electron chi connectivity index (χ0n) is 34.3. The molecule has 0 saturated heterocycles. The van der Waals surface area contributed by atoms with E-state index in [0.717, 1.165) is 25.7 Å². The summed E-state index contributed by atoms with van der Waals surface area (Å²) in [6.07, 6.45) is 11.2. The molecule has 304 valence electrons. The molecule has 2 heterocycles. The summed E-state index contributed by atoms with van der Waals surface area (Å²) >= 11 is 0. The number of carbonyl (C=O) groups excluding carboxylic acids is 5. The van der Waals surface area contributed by atoms with Crippen LogP contribution in [0.2, 0.25) is 0 Å². The highest BCUT2D eigenvalue weighted by Gasteiger charge is 2.67. The Bertz CT molecular complexity index is 2040. The van der Waals surface area contributed by atoms with Crippen LogP contribution in [0.25, 0.3) is 0 Å². The number of hydrogen-bond donors (Lipinski definition) is 0. The third-order valence-electron chi connectivity index (χ3n) is 15.6. The van der Waals surface area contributed by atoms with Gasteiger partial charge in [0.15, 0.2) is 0 Å². The molecular formula is C47H56O10. The molecule has 10 atom stereocenters. The first-order chi connectivity index (χ1) is 27.0. The third kappa shape index (κ3) is 6.68. The summed E-state index contributed by atoms with van der Waals surface area (Å²) in [5.41, 5.74) is 2.57. The fourth-order valence-electron chi connectivity index (χ4n) is 13.1. The molecule has 0 radical (unpaired) electrons. The first-order valence-corrected chi connectivity index (χ1v) is 21.0. The highest BCUT2D eigenvalue weighted by Crippen LogP contribution is 2.71. The molecule has 10 heteroatoms. The van der Waals surface area contributed by atoms with Crippen LogP contribution in [0.4, 0.5) is 0 Å². The second-order valence-corrected chi connectivity index (χ2v) is 19.3. The monoisotopic (exact) mass is 780 g/mol. The molecule has 8 rings (SSSR count). The van der Waals surface area contributed by atoms with Crippen LogP contribution in [0.1, 0.15) is 164 Å². The molecule has 4 saturated carbocycles. The Morgan fingerprint density at radius 1 is 0.807 bits per heavy atom. The van der Waals surface area contributed by atoms with E-state index < -0.39 is 41.4 Å². The van der Waals surface area contributed by atoms with Crippen molar-refractivity contribution >= 4 is 29.8 Å². The van der Waals surface area contributed by atoms with Crippen LogP contribution in [-0.2, 0) is 30.6 Å². The minimum Gasteiger partial charge on any atom is -0.458 e. The van der Waals surface area contributed by atoms with Gasteiger partial charge in [-0.05, 0) is 148 Å². The summed E-state index contributed by atoms with van der Waals surface area (Å²) in [5, 5.41) is 0. The van der Waals surface area contributed by atoms with Gasteiger partial charge in [0.1, 0.15) is 12.7 Å². The van der Waals surface area contributed by atoms with E-state index in [1.807, 2.05) is 0 Å². The summed E-state index contributed by atoms with van der Waals surface area (Å²) < 4.78 is 15.9. The summed E-state index contributed by atoms with van der Waals surface area (Å²) in [5.74, 6) is -0.517. The van der Waals surface area contributed by atoms with Crippen molar-refractivity contribution in [1.82, 2.24) is 0 Å². The Morgan fingerprint density at radius 2 is 1.44 bits per heavy atom. The molecule has 0 aromatic heterocycles. The van der Waals surface area contributed by atoms with E-state index in [1.54, 1.807) is 18.2 Å². The predicted molar refractivity (Wildman–Crippen MR) is 209 cm³/mol. The van der Waals surface area contributed by atoms with Gasteiger partial charge in [-0.2, -0.15) is 0 Å². The smallest absolute Gasteiger partial charge is 0.346 e. The van der Waals surface area contributed by atoms with Crippen molar-refractivity contribution in [3.05, 3.63) is 81.4 Å². The van der Waals surface area contributed by atoms with Gasteiger partial charge in [0.2, 0.25) is 0 Å². The van der Waals surface area contributed by atoms with E-state index in [4.69, 9.17) is 24.0 Å². The lowest BCUT2D eigenvalue weighted by Crippen LogP contribution is -2.64. The molecule has 10 nitrogen and oxygen atoms in total. The molecule has 0 amide bonds. The average molecular weight is 781 g/mol. The Balaban J connectivity index is 1.06. The lowest BCUT2D eigenvalue weighted by Gasteiger charge is -2.66. The maximum absolute atomic E-state index is 13.8. The van der Waals surface area contributed by atoms with Crippen LogP contribution in [0.15, 0.2) is 48.0 Å². The molecule has 2 aromatic rings. The van der Waals surface area contributed by atoms with Crippen LogP contribution in [0.5, 0.6) is 0 Å². The summed E-state index contributed by atoms with van der Waals surface area (Å²) in [6.45, 7) is 16.3. The summed E-state index contributed by atoms with van der Waals surface area (Å²) in [4.78, 5) is 75.2. The number of rotatable bonds is 10. The Morgan fingerprint density at radius 3 is 2.14 bits per heavy atom. The molecule has 2 aliphatic heterocycles. The van der Waals surface area contributed by atoms with Crippen molar-refractivity contribution in [3.63, 3.8) is 0 Å². The van der Waals surface area contributed by atoms with Gasteiger partial charge >= 0.3 is 29.8 Å². The van der Waals surface area contributed by atoms with E-state index >= 15 is 0 Å². The number of carbonyl (C=O) groups is 5. The minimum atomic E-state index is -0.765. The number of esters is 5. The number of ether oxygens (including phenoxy) is 3. The normalized spacial score (nSPS) is 33.9. The Hall–Kier alpha value is -4.15. The van der Waals surface area contributed by atoms with Gasteiger partial charge in [-0.15, -0.1) is 0 Å². The van der Waals surface area contributed by atoms with Gasteiger partial charge in [0.25, 0.3) is 0 Å². The Kier molecular flexibility index (Phi) is 10.2. The quantitative estimate of drug-likeness (QED) is 0.0574. The topological polar surface area (TPSA) is 132 Å². The van der Waals surface area contributed by atoms with E-state index in [0.29, 0.717) is 41.6 Å². The van der Waals surface area contributed by atoms with E-state index in [2.05, 4.69) is 54.5 Å². The second-order valence-electron chi connectivity index (χ2n) is 19.3. The largest absolute Gasteiger partial charge is 0.458 e. The van der Waals surface area contributed by atoms with Crippen molar-refractivity contribution in [2.24, 2.45) is 51.8 Å². The molecule has 10 unspecified atom stereocenters. The van der Waals surface area contributed by atoms with E-state index in [9.17, 15) is 24.0 Å². The first-order valence-electron chi connectivity index (χ1n) is 21.0.